The molecule has 3 heterocycles. The van der Waals surface area contributed by atoms with E-state index in [1.54, 1.807) is 24.0 Å². The zero-order chi connectivity index (χ0) is 20.6. The third-order valence-corrected chi connectivity index (χ3v) is 5.41. The fourth-order valence-corrected chi connectivity index (χ4v) is 3.78. The van der Waals surface area contributed by atoms with Gasteiger partial charge in [-0.25, -0.2) is 4.98 Å². The third-order valence-electron chi connectivity index (χ3n) is 4.65. The predicted octanol–water partition coefficient (Wildman–Crippen LogP) is 2.28. The van der Waals surface area contributed by atoms with Crippen LogP contribution in [0.15, 0.2) is 54.1 Å². The quantitative estimate of drug-likeness (QED) is 0.512. The summed E-state index contributed by atoms with van der Waals surface area (Å²) in [6.07, 6.45) is 4.00. The second-order valence-electron chi connectivity index (χ2n) is 6.77. The molecule has 1 unspecified atom stereocenters. The summed E-state index contributed by atoms with van der Waals surface area (Å²) in [7, 11) is 0. The highest BCUT2D eigenvalue weighted by molar-refractivity contribution is 8.02. The molecule has 1 fully saturated rings. The number of thioether (sulfide) groups is 1. The highest BCUT2D eigenvalue weighted by atomic mass is 32.2. The number of hydrogen-bond donors (Lipinski definition) is 0. The molecular formula is C21H23N5O3S. The average molecular weight is 426 g/mol. The minimum atomic E-state index is -0.212. The Morgan fingerprint density at radius 3 is 3.07 bits per heavy atom. The molecule has 8 nitrogen and oxygen atoms in total. The van der Waals surface area contributed by atoms with Crippen LogP contribution in [-0.2, 0) is 9.53 Å². The molecule has 30 heavy (non-hydrogen) atoms. The zero-order valence-corrected chi connectivity index (χ0v) is 17.3. The Bertz CT molecular complexity index is 994. The van der Waals surface area contributed by atoms with Crippen molar-refractivity contribution < 1.29 is 14.4 Å². The maximum absolute atomic E-state index is 12.5. The van der Waals surface area contributed by atoms with Crippen LogP contribution < -0.4 is 4.84 Å². The van der Waals surface area contributed by atoms with Crippen molar-refractivity contribution in [2.75, 3.05) is 32.1 Å². The second kappa shape index (κ2) is 10.2. The van der Waals surface area contributed by atoms with E-state index in [1.807, 2.05) is 34.6 Å². The predicted molar refractivity (Wildman–Crippen MR) is 116 cm³/mol. The lowest BCUT2D eigenvalue weighted by Gasteiger charge is -2.32. The Labute approximate surface area is 178 Å². The van der Waals surface area contributed by atoms with Crippen molar-refractivity contribution in [3.05, 3.63) is 59.6 Å². The third kappa shape index (κ3) is 5.37. The minimum absolute atomic E-state index is 0.136. The first-order valence-corrected chi connectivity index (χ1v) is 10.9. The van der Waals surface area contributed by atoms with Gasteiger partial charge in [0, 0.05) is 24.9 Å². The smallest absolute Gasteiger partial charge is 0.223 e. The summed E-state index contributed by atoms with van der Waals surface area (Å²) >= 11 is 1.64. The van der Waals surface area contributed by atoms with E-state index in [4.69, 9.17) is 9.57 Å². The Morgan fingerprint density at radius 2 is 2.17 bits per heavy atom. The van der Waals surface area contributed by atoms with Gasteiger partial charge >= 0.3 is 0 Å². The largest absolute Gasteiger partial charge is 0.391 e. The number of fused-ring (bicyclic) bond motifs is 1. The van der Waals surface area contributed by atoms with Crippen LogP contribution in [0.5, 0.6) is 0 Å². The number of benzene rings is 1. The van der Waals surface area contributed by atoms with Gasteiger partial charge in [-0.1, -0.05) is 35.2 Å². The summed E-state index contributed by atoms with van der Waals surface area (Å²) in [5.74, 6) is 0.883. The van der Waals surface area contributed by atoms with Crippen molar-refractivity contribution >= 4 is 34.9 Å². The van der Waals surface area contributed by atoms with Crippen LogP contribution in [0.1, 0.15) is 12.0 Å². The molecular weight excluding hydrogens is 402 g/mol. The number of rotatable bonds is 8. The van der Waals surface area contributed by atoms with Crippen molar-refractivity contribution in [1.82, 2.24) is 25.0 Å². The van der Waals surface area contributed by atoms with E-state index < -0.39 is 0 Å². The summed E-state index contributed by atoms with van der Waals surface area (Å²) in [4.78, 5) is 25.6. The lowest BCUT2D eigenvalue weighted by atomic mass is 10.2. The van der Waals surface area contributed by atoms with Gasteiger partial charge in [0.25, 0.3) is 0 Å². The molecule has 156 valence electrons. The summed E-state index contributed by atoms with van der Waals surface area (Å²) in [6.45, 7) is 1.88. The number of ether oxygens (including phenoxy) is 1. The molecule has 1 saturated heterocycles. The molecule has 1 aliphatic heterocycles. The monoisotopic (exact) mass is 425 g/mol. The van der Waals surface area contributed by atoms with Crippen LogP contribution in [0, 0.1) is 0 Å². The van der Waals surface area contributed by atoms with E-state index in [-0.39, 0.29) is 18.6 Å². The first-order valence-electron chi connectivity index (χ1n) is 9.82. The number of amides is 1. The molecule has 2 aromatic heterocycles. The van der Waals surface area contributed by atoms with E-state index in [0.717, 1.165) is 11.3 Å². The molecule has 1 atom stereocenters. The van der Waals surface area contributed by atoms with Crippen molar-refractivity contribution in [2.24, 2.45) is 0 Å². The number of carbonyl (C=O) groups is 1. The molecule has 9 heteroatoms. The molecule has 1 amide bonds. The fraction of sp³-hybridized carbons (Fsp3) is 0.333. The van der Waals surface area contributed by atoms with Crippen LogP contribution in [-0.4, -0.2) is 69.1 Å². The highest BCUT2D eigenvalue weighted by Gasteiger charge is 2.25. The Balaban J connectivity index is 1.20. The molecule has 1 aliphatic rings. The van der Waals surface area contributed by atoms with Crippen molar-refractivity contribution in [3.8, 4) is 0 Å². The first-order chi connectivity index (χ1) is 14.8. The van der Waals surface area contributed by atoms with Gasteiger partial charge in [-0.05, 0) is 34.4 Å². The number of carbonyl (C=O) groups excluding carboxylic acids is 1. The first kappa shape index (κ1) is 20.4. The van der Waals surface area contributed by atoms with Crippen molar-refractivity contribution in [3.63, 3.8) is 0 Å². The SMILES string of the molecule is O=C(CCSC=Cc1ccccc1)N1CCOC(COn2nnc3cccnc32)C1. The van der Waals surface area contributed by atoms with Crippen LogP contribution in [0.4, 0.5) is 0 Å². The Hall–Kier alpha value is -2.91. The van der Waals surface area contributed by atoms with Gasteiger partial charge in [-0.15, -0.1) is 16.9 Å². The van der Waals surface area contributed by atoms with Crippen LogP contribution >= 0.6 is 11.8 Å². The summed E-state index contributed by atoms with van der Waals surface area (Å²) in [6, 6.07) is 13.7. The molecule has 0 radical (unpaired) electrons. The molecule has 0 N–H and O–H groups in total. The Morgan fingerprint density at radius 1 is 1.27 bits per heavy atom. The topological polar surface area (TPSA) is 82.4 Å². The highest BCUT2D eigenvalue weighted by Crippen LogP contribution is 2.13. The molecule has 0 bridgehead atoms. The zero-order valence-electron chi connectivity index (χ0n) is 16.5. The second-order valence-corrected chi connectivity index (χ2v) is 7.78. The summed E-state index contributed by atoms with van der Waals surface area (Å²) in [5.41, 5.74) is 2.38. The molecule has 0 saturated carbocycles. The summed E-state index contributed by atoms with van der Waals surface area (Å²) < 4.78 is 5.74. The van der Waals surface area contributed by atoms with Gasteiger partial charge in [-0.2, -0.15) is 0 Å². The van der Waals surface area contributed by atoms with Gasteiger partial charge in [0.05, 0.1) is 13.2 Å². The van der Waals surface area contributed by atoms with Crippen molar-refractivity contribution in [2.45, 2.75) is 12.5 Å². The maximum atomic E-state index is 12.5. The van der Waals surface area contributed by atoms with E-state index >= 15 is 0 Å². The maximum Gasteiger partial charge on any atom is 0.223 e. The molecule has 0 aliphatic carbocycles. The van der Waals surface area contributed by atoms with Crippen molar-refractivity contribution in [1.29, 1.82) is 0 Å². The van der Waals surface area contributed by atoms with Gasteiger partial charge in [0.15, 0.2) is 0 Å². The molecule has 4 rings (SSSR count). The van der Waals surface area contributed by atoms with Gasteiger partial charge in [0.1, 0.15) is 18.2 Å². The van der Waals surface area contributed by atoms with E-state index in [1.165, 1.54) is 4.85 Å². The minimum Gasteiger partial charge on any atom is -0.391 e. The lowest BCUT2D eigenvalue weighted by Crippen LogP contribution is -2.48. The van der Waals surface area contributed by atoms with Crippen LogP contribution in [0.2, 0.25) is 0 Å². The van der Waals surface area contributed by atoms with Gasteiger partial charge in [-0.3, -0.25) is 4.79 Å². The van der Waals surface area contributed by atoms with Crippen LogP contribution in [0.3, 0.4) is 0 Å². The van der Waals surface area contributed by atoms with Crippen LogP contribution in [0.25, 0.3) is 17.2 Å². The fourth-order valence-electron chi connectivity index (χ4n) is 3.10. The average Bonchev–Trinajstić information content (AvgIpc) is 3.21. The number of morpholine rings is 1. The molecule has 1 aromatic carbocycles. The van der Waals surface area contributed by atoms with E-state index in [9.17, 15) is 4.79 Å². The number of pyridine rings is 1. The number of hydrogen-bond acceptors (Lipinski definition) is 7. The summed E-state index contributed by atoms with van der Waals surface area (Å²) in [5, 5.41) is 9.99. The molecule has 3 aromatic rings. The number of nitrogens with zero attached hydrogens (tertiary/aromatic N) is 5. The standard InChI is InChI=1S/C21H23N5O3S/c27-20(9-14-30-13-8-17-5-2-1-3-6-17)25-11-12-28-18(15-25)16-29-26-21-19(23-24-26)7-4-10-22-21/h1-8,10,13,18H,9,11-12,14-16H2. The molecule has 0 spiro atoms. The van der Waals surface area contributed by atoms with Gasteiger partial charge in [0.2, 0.25) is 11.6 Å². The van der Waals surface area contributed by atoms with E-state index in [2.05, 4.69) is 33.5 Å². The normalized spacial score (nSPS) is 16.9. The van der Waals surface area contributed by atoms with Gasteiger partial charge < -0.3 is 14.5 Å². The van der Waals surface area contributed by atoms with E-state index in [0.29, 0.717) is 37.3 Å². The Kier molecular flexibility index (Phi) is 6.94. The lowest BCUT2D eigenvalue weighted by molar-refractivity contribution is -0.141. The number of aromatic nitrogens is 4.